The van der Waals surface area contributed by atoms with Gasteiger partial charge in [-0.3, -0.25) is 14.5 Å². The Labute approximate surface area is 219 Å². The van der Waals surface area contributed by atoms with Crippen molar-refractivity contribution in [1.82, 2.24) is 14.3 Å². The van der Waals surface area contributed by atoms with Crippen LogP contribution in [-0.2, 0) is 30.8 Å². The van der Waals surface area contributed by atoms with Gasteiger partial charge in [-0.2, -0.15) is 17.4 Å². The van der Waals surface area contributed by atoms with E-state index in [9.17, 15) is 31.0 Å². The van der Waals surface area contributed by atoms with Crippen molar-refractivity contribution in [2.75, 3.05) is 24.5 Å². The van der Waals surface area contributed by atoms with E-state index in [1.54, 1.807) is 12.1 Å². The second-order valence-corrected chi connectivity index (χ2v) is 11.9. The third-order valence-electron chi connectivity index (χ3n) is 5.89. The maximum Gasteiger partial charge on any atom is 0.280 e. The summed E-state index contributed by atoms with van der Waals surface area (Å²) in [4.78, 5) is 28.2. The van der Waals surface area contributed by atoms with Crippen LogP contribution in [0, 0.1) is 0 Å². The molecule has 2 aromatic rings. The minimum Gasteiger partial charge on any atom is -0.351 e. The van der Waals surface area contributed by atoms with E-state index in [1.165, 1.54) is 36.4 Å². The monoisotopic (exact) mass is 575 g/mol. The lowest BCUT2D eigenvalue weighted by molar-refractivity contribution is -0.132. The molecule has 37 heavy (non-hydrogen) atoms. The number of amides is 2. The van der Waals surface area contributed by atoms with Gasteiger partial charge in [0.1, 0.15) is 17.0 Å². The SMILES string of the molecule is NS(=O)c1cccc(N(C(=O)CNS(=O)(=O)N2CC2)[C@H](C(=O)NC2CC(F)(F)C2)c2ccccc2Cl)c1. The summed E-state index contributed by atoms with van der Waals surface area (Å²) in [5, 5.41) is 8.15. The van der Waals surface area contributed by atoms with Crippen LogP contribution in [0.2, 0.25) is 5.02 Å². The molecule has 2 atom stereocenters. The number of hydrogen-bond acceptors (Lipinski definition) is 5. The van der Waals surface area contributed by atoms with Gasteiger partial charge in [-0.05, 0) is 24.3 Å². The molecule has 10 nitrogen and oxygen atoms in total. The first-order valence-electron chi connectivity index (χ1n) is 11.1. The average molecular weight is 576 g/mol. The standard InChI is InChI=1S/C22H24ClF2N5O5S2/c23-18-7-2-1-6-17(18)20(21(32)28-14-11-22(24,25)12-14)30(15-4-3-5-16(10-15)36(26)33)19(31)13-27-37(34,35)29-8-9-29/h1-7,10,14,20,27H,8-9,11-13,26H2,(H,28,32)/t20-,36?/m0/s1. The molecule has 2 aromatic carbocycles. The highest BCUT2D eigenvalue weighted by molar-refractivity contribution is 7.87. The van der Waals surface area contributed by atoms with Crippen molar-refractivity contribution < 1.29 is 31.0 Å². The van der Waals surface area contributed by atoms with Crippen molar-refractivity contribution in [1.29, 1.82) is 0 Å². The summed E-state index contributed by atoms with van der Waals surface area (Å²) in [6, 6.07) is 9.56. The minimum atomic E-state index is -3.91. The van der Waals surface area contributed by atoms with Crippen LogP contribution in [0.5, 0.6) is 0 Å². The van der Waals surface area contributed by atoms with E-state index in [-0.39, 0.29) is 21.2 Å². The Morgan fingerprint density at radius 2 is 1.86 bits per heavy atom. The number of benzene rings is 2. The van der Waals surface area contributed by atoms with E-state index in [2.05, 4.69) is 10.0 Å². The van der Waals surface area contributed by atoms with Crippen LogP contribution in [0.25, 0.3) is 0 Å². The zero-order chi connectivity index (χ0) is 27.0. The number of anilines is 1. The van der Waals surface area contributed by atoms with Crippen LogP contribution in [0.1, 0.15) is 24.4 Å². The van der Waals surface area contributed by atoms with Crippen LogP contribution in [0.15, 0.2) is 53.4 Å². The Morgan fingerprint density at radius 3 is 2.46 bits per heavy atom. The third kappa shape index (κ3) is 6.51. The van der Waals surface area contributed by atoms with Gasteiger partial charge in [-0.25, -0.2) is 18.1 Å². The van der Waals surface area contributed by atoms with Crippen LogP contribution >= 0.6 is 11.6 Å². The van der Waals surface area contributed by atoms with Crippen molar-refractivity contribution >= 4 is 50.3 Å². The summed E-state index contributed by atoms with van der Waals surface area (Å²) >= 11 is 6.39. The molecule has 0 bridgehead atoms. The first kappa shape index (κ1) is 27.5. The molecule has 1 saturated heterocycles. The van der Waals surface area contributed by atoms with E-state index in [4.69, 9.17) is 16.7 Å². The molecule has 0 radical (unpaired) electrons. The smallest absolute Gasteiger partial charge is 0.280 e. The molecule has 200 valence electrons. The summed E-state index contributed by atoms with van der Waals surface area (Å²) in [7, 11) is -5.84. The van der Waals surface area contributed by atoms with Gasteiger partial charge >= 0.3 is 0 Å². The Morgan fingerprint density at radius 1 is 1.19 bits per heavy atom. The summed E-state index contributed by atoms with van der Waals surface area (Å²) in [5.41, 5.74) is 0.250. The van der Waals surface area contributed by atoms with Gasteiger partial charge < -0.3 is 5.32 Å². The van der Waals surface area contributed by atoms with E-state index in [1.807, 2.05) is 0 Å². The first-order valence-corrected chi connectivity index (χ1v) is 14.2. The first-order chi connectivity index (χ1) is 17.4. The Balaban J connectivity index is 1.74. The average Bonchev–Trinajstić information content (AvgIpc) is 3.67. The fraction of sp³-hybridized carbons (Fsp3) is 0.364. The minimum absolute atomic E-state index is 0.0752. The molecule has 1 aliphatic carbocycles. The van der Waals surface area contributed by atoms with Crippen molar-refractivity contribution in [3.05, 3.63) is 59.1 Å². The molecular formula is C22H24ClF2N5O5S2. The maximum absolute atomic E-state index is 13.5. The quantitative estimate of drug-likeness (QED) is 0.368. The maximum atomic E-state index is 13.5. The number of nitrogens with zero attached hydrogens (tertiary/aromatic N) is 2. The Kier molecular flexibility index (Phi) is 7.97. The number of nitrogens with one attached hydrogen (secondary N) is 2. The zero-order valence-electron chi connectivity index (χ0n) is 19.3. The lowest BCUT2D eigenvalue weighted by atomic mass is 9.87. The second kappa shape index (κ2) is 10.7. The summed E-state index contributed by atoms with van der Waals surface area (Å²) in [6.45, 7) is -0.0902. The summed E-state index contributed by atoms with van der Waals surface area (Å²) < 4.78 is 66.7. The zero-order valence-corrected chi connectivity index (χ0v) is 21.7. The Bertz CT molecular complexity index is 1330. The molecule has 2 amide bonds. The molecule has 1 unspecified atom stereocenters. The van der Waals surface area contributed by atoms with Crippen LogP contribution in [0.4, 0.5) is 14.5 Å². The lowest BCUT2D eigenvalue weighted by Gasteiger charge is -2.38. The Hall–Kier alpha value is -2.49. The predicted molar refractivity (Wildman–Crippen MR) is 133 cm³/mol. The molecule has 1 saturated carbocycles. The van der Waals surface area contributed by atoms with E-state index < -0.39 is 70.4 Å². The fourth-order valence-corrected chi connectivity index (χ4v) is 5.68. The van der Waals surface area contributed by atoms with E-state index in [0.717, 1.165) is 9.21 Å². The van der Waals surface area contributed by atoms with Gasteiger partial charge in [0.25, 0.3) is 16.1 Å². The van der Waals surface area contributed by atoms with Crippen LogP contribution < -0.4 is 20.1 Å². The molecule has 4 N–H and O–H groups in total. The van der Waals surface area contributed by atoms with Gasteiger partial charge in [-0.1, -0.05) is 35.9 Å². The van der Waals surface area contributed by atoms with Gasteiger partial charge in [0.05, 0.1) is 11.4 Å². The van der Waals surface area contributed by atoms with Crippen molar-refractivity contribution in [2.24, 2.45) is 5.14 Å². The molecular weight excluding hydrogens is 552 g/mol. The molecule has 0 spiro atoms. The van der Waals surface area contributed by atoms with Crippen molar-refractivity contribution in [2.45, 2.75) is 35.7 Å². The van der Waals surface area contributed by atoms with Crippen LogP contribution in [-0.4, -0.2) is 60.3 Å². The molecule has 4 rings (SSSR count). The lowest BCUT2D eigenvalue weighted by Crippen LogP contribution is -2.55. The number of rotatable bonds is 10. The highest BCUT2D eigenvalue weighted by atomic mass is 35.5. The molecule has 2 aliphatic rings. The van der Waals surface area contributed by atoms with Gasteiger partial charge in [0.15, 0.2) is 0 Å². The molecule has 2 fully saturated rings. The van der Waals surface area contributed by atoms with Gasteiger partial charge in [0.2, 0.25) is 11.8 Å². The van der Waals surface area contributed by atoms with Crippen molar-refractivity contribution in [3.8, 4) is 0 Å². The number of carbonyl (C=O) groups is 2. The molecule has 15 heteroatoms. The van der Waals surface area contributed by atoms with Crippen LogP contribution in [0.3, 0.4) is 0 Å². The van der Waals surface area contributed by atoms with Gasteiger partial charge in [-0.15, -0.1) is 0 Å². The highest BCUT2D eigenvalue weighted by Gasteiger charge is 2.47. The predicted octanol–water partition coefficient (Wildman–Crippen LogP) is 1.46. The van der Waals surface area contributed by atoms with E-state index in [0.29, 0.717) is 13.1 Å². The number of nitrogens with two attached hydrogens (primary N) is 1. The third-order valence-corrected chi connectivity index (χ3v) is 8.51. The largest absolute Gasteiger partial charge is 0.351 e. The normalized spacial score (nSPS) is 18.9. The number of carbonyl (C=O) groups excluding carboxylic acids is 2. The number of halogens is 3. The van der Waals surface area contributed by atoms with Gasteiger partial charge in [0, 0.05) is 48.2 Å². The molecule has 1 aliphatic heterocycles. The number of alkyl halides is 2. The molecule has 1 heterocycles. The second-order valence-electron chi connectivity index (χ2n) is 8.68. The topological polar surface area (TPSA) is 142 Å². The summed E-state index contributed by atoms with van der Waals surface area (Å²) in [6.07, 6.45) is -1.11. The van der Waals surface area contributed by atoms with E-state index >= 15 is 0 Å². The number of hydrogen-bond donors (Lipinski definition) is 3. The fourth-order valence-electron chi connectivity index (χ4n) is 3.94. The summed E-state index contributed by atoms with van der Waals surface area (Å²) in [5.74, 6) is -4.54. The molecule has 0 aromatic heterocycles. The highest BCUT2D eigenvalue weighted by Crippen LogP contribution is 2.39. The van der Waals surface area contributed by atoms with Crippen molar-refractivity contribution in [3.63, 3.8) is 0 Å².